The molecule has 0 aromatic carbocycles. The summed E-state index contributed by atoms with van der Waals surface area (Å²) in [7, 11) is 0. The van der Waals surface area contributed by atoms with Gasteiger partial charge in [0.15, 0.2) is 0 Å². The van der Waals surface area contributed by atoms with Gasteiger partial charge in [-0.15, -0.1) is 0 Å². The topological polar surface area (TPSA) is 89.6 Å². The molecule has 0 unspecified atom stereocenters. The first kappa shape index (κ1) is 7.90. The number of nitrogens with two attached hydrogens (primary N) is 1. The summed E-state index contributed by atoms with van der Waals surface area (Å²) in [5.74, 6) is -2.06. The maximum Gasteiger partial charge on any atom is 0.360 e. The van der Waals surface area contributed by atoms with E-state index in [1.807, 2.05) is 0 Å². The summed E-state index contributed by atoms with van der Waals surface area (Å²) < 4.78 is 4.05. The first-order chi connectivity index (χ1) is 4.04. The highest BCUT2D eigenvalue weighted by atomic mass is 16.6. The van der Waals surface area contributed by atoms with Crippen molar-refractivity contribution in [1.82, 2.24) is 0 Å². The molecule has 0 saturated heterocycles. The van der Waals surface area contributed by atoms with Gasteiger partial charge in [-0.2, -0.15) is 0 Å². The van der Waals surface area contributed by atoms with Gasteiger partial charge < -0.3 is 9.84 Å². The molecule has 0 bridgehead atoms. The number of carboxylic acid groups (broad SMARTS) is 1. The predicted octanol–water partition coefficient (Wildman–Crippen LogP) is -1.08. The highest BCUT2D eigenvalue weighted by molar-refractivity contribution is 5.76. The molecule has 0 aromatic rings. The van der Waals surface area contributed by atoms with Gasteiger partial charge in [0.2, 0.25) is 6.23 Å². The Hall–Kier alpha value is -1.10. The van der Waals surface area contributed by atoms with Crippen molar-refractivity contribution < 1.29 is 19.4 Å². The maximum atomic E-state index is 9.99. The minimum absolute atomic E-state index is 0.704. The first-order valence-electron chi connectivity index (χ1n) is 2.19. The Morgan fingerprint density at radius 1 is 1.67 bits per heavy atom. The Morgan fingerprint density at radius 3 is 2.22 bits per heavy atom. The molecule has 0 heterocycles. The summed E-state index contributed by atoms with van der Waals surface area (Å²) >= 11 is 0. The van der Waals surface area contributed by atoms with Crippen molar-refractivity contribution in [3.63, 3.8) is 0 Å². The third-order valence-corrected chi connectivity index (χ3v) is 0.536. The molecule has 0 aromatic heterocycles. The summed E-state index contributed by atoms with van der Waals surface area (Å²) in [4.78, 5) is 19.8. The number of aliphatic carboxylic acids is 1. The molecule has 0 aliphatic rings. The summed E-state index contributed by atoms with van der Waals surface area (Å²) in [5.41, 5.74) is 4.77. The molecule has 9 heavy (non-hydrogen) atoms. The van der Waals surface area contributed by atoms with Crippen molar-refractivity contribution in [3.8, 4) is 0 Å². The third kappa shape index (κ3) is 3.48. The molecule has 52 valence electrons. The number of hydrogen-bond acceptors (Lipinski definition) is 4. The highest BCUT2D eigenvalue weighted by Crippen LogP contribution is 1.82. The molecule has 0 fully saturated rings. The van der Waals surface area contributed by atoms with E-state index in [-0.39, 0.29) is 0 Å². The second-order valence-electron chi connectivity index (χ2n) is 1.37. The summed E-state index contributed by atoms with van der Waals surface area (Å²) in [5, 5.41) is 8.03. The predicted molar refractivity (Wildman–Crippen MR) is 27.4 cm³/mol. The number of ether oxygens (including phenoxy) is 1. The van der Waals surface area contributed by atoms with Gasteiger partial charge in [0.25, 0.3) is 0 Å². The van der Waals surface area contributed by atoms with E-state index in [0.29, 0.717) is 0 Å². The number of carbonyl (C=O) groups is 2. The van der Waals surface area contributed by atoms with Gasteiger partial charge in [-0.25, -0.2) is 4.79 Å². The molecule has 0 aliphatic carbocycles. The maximum absolute atomic E-state index is 9.99. The Morgan fingerprint density at radius 2 is 2.11 bits per heavy atom. The number of carbonyl (C=O) groups excluding carboxylic acids is 1. The van der Waals surface area contributed by atoms with Crippen LogP contribution in [-0.4, -0.2) is 23.3 Å². The van der Waals surface area contributed by atoms with Gasteiger partial charge in [0, 0.05) is 6.92 Å². The Bertz CT molecular complexity index is 133. The second kappa shape index (κ2) is 3.03. The van der Waals surface area contributed by atoms with E-state index in [4.69, 9.17) is 10.8 Å². The van der Waals surface area contributed by atoms with Crippen LogP contribution >= 0.6 is 0 Å². The van der Waals surface area contributed by atoms with Gasteiger partial charge in [0.1, 0.15) is 0 Å². The molecule has 0 saturated carbocycles. The lowest BCUT2D eigenvalue weighted by Gasteiger charge is -2.03. The molecule has 1 atom stereocenters. The van der Waals surface area contributed by atoms with E-state index in [1.165, 1.54) is 0 Å². The van der Waals surface area contributed by atoms with Crippen LogP contribution < -0.4 is 5.73 Å². The van der Waals surface area contributed by atoms with Gasteiger partial charge in [-0.1, -0.05) is 0 Å². The van der Waals surface area contributed by atoms with Crippen LogP contribution in [0.25, 0.3) is 0 Å². The van der Waals surface area contributed by atoms with E-state index in [1.54, 1.807) is 0 Å². The molecule has 0 spiro atoms. The van der Waals surface area contributed by atoms with Crippen LogP contribution in [0.4, 0.5) is 0 Å². The van der Waals surface area contributed by atoms with Crippen molar-refractivity contribution in [3.05, 3.63) is 0 Å². The van der Waals surface area contributed by atoms with Crippen LogP contribution in [0.1, 0.15) is 6.92 Å². The molecule has 0 rings (SSSR count). The Kier molecular flexibility index (Phi) is 2.66. The second-order valence-corrected chi connectivity index (χ2v) is 1.37. The Balaban J connectivity index is 3.63. The van der Waals surface area contributed by atoms with E-state index in [9.17, 15) is 9.59 Å². The monoisotopic (exact) mass is 133 g/mol. The molecule has 3 N–H and O–H groups in total. The van der Waals surface area contributed by atoms with E-state index in [0.717, 1.165) is 6.92 Å². The van der Waals surface area contributed by atoms with E-state index >= 15 is 0 Å². The van der Waals surface area contributed by atoms with Crippen molar-refractivity contribution >= 4 is 11.9 Å². The molecule has 0 aliphatic heterocycles. The first-order valence-corrected chi connectivity index (χ1v) is 2.19. The smallest absolute Gasteiger partial charge is 0.360 e. The highest BCUT2D eigenvalue weighted by Gasteiger charge is 2.13. The minimum atomic E-state index is -1.54. The van der Waals surface area contributed by atoms with Gasteiger partial charge >= 0.3 is 11.9 Å². The van der Waals surface area contributed by atoms with Crippen molar-refractivity contribution in [2.75, 3.05) is 0 Å². The molecule has 5 nitrogen and oxygen atoms in total. The van der Waals surface area contributed by atoms with Crippen LogP contribution in [0.3, 0.4) is 0 Å². The van der Waals surface area contributed by atoms with Crippen LogP contribution in [0.2, 0.25) is 0 Å². The van der Waals surface area contributed by atoms with Crippen LogP contribution in [0, 0.1) is 0 Å². The lowest BCUT2D eigenvalue weighted by molar-refractivity contribution is -0.162. The average Bonchev–Trinajstić information content (AvgIpc) is 1.63. The van der Waals surface area contributed by atoms with Crippen molar-refractivity contribution in [2.24, 2.45) is 5.73 Å². The number of esters is 1. The fourth-order valence-corrected chi connectivity index (χ4v) is 0.229. The zero-order valence-corrected chi connectivity index (χ0v) is 4.83. The molecular weight excluding hydrogens is 126 g/mol. The van der Waals surface area contributed by atoms with Gasteiger partial charge in [-0.3, -0.25) is 10.5 Å². The van der Waals surface area contributed by atoms with Gasteiger partial charge in [0.05, 0.1) is 0 Å². The third-order valence-electron chi connectivity index (χ3n) is 0.536. The SMILES string of the molecule is CC(=O)O[C@H](N)C(=O)O. The molecule has 0 amide bonds. The minimum Gasteiger partial charge on any atom is -0.477 e. The summed E-state index contributed by atoms with van der Waals surface area (Å²) in [6.07, 6.45) is -1.54. The zero-order valence-electron chi connectivity index (χ0n) is 4.83. The van der Waals surface area contributed by atoms with E-state index < -0.39 is 18.2 Å². The summed E-state index contributed by atoms with van der Waals surface area (Å²) in [6.45, 7) is 1.09. The van der Waals surface area contributed by atoms with E-state index in [2.05, 4.69) is 4.74 Å². The number of rotatable bonds is 2. The number of carboxylic acids is 1. The largest absolute Gasteiger partial charge is 0.477 e. The molecule has 5 heteroatoms. The Labute approximate surface area is 51.4 Å². The fourth-order valence-electron chi connectivity index (χ4n) is 0.229. The quantitative estimate of drug-likeness (QED) is 0.369. The lowest BCUT2D eigenvalue weighted by atomic mass is 10.6. The van der Waals surface area contributed by atoms with Crippen LogP contribution in [-0.2, 0) is 14.3 Å². The zero-order chi connectivity index (χ0) is 7.44. The summed E-state index contributed by atoms with van der Waals surface area (Å²) in [6, 6.07) is 0. The fraction of sp³-hybridized carbons (Fsp3) is 0.500. The van der Waals surface area contributed by atoms with Crippen LogP contribution in [0.15, 0.2) is 0 Å². The van der Waals surface area contributed by atoms with Gasteiger partial charge in [-0.05, 0) is 0 Å². The number of hydrogen-bond donors (Lipinski definition) is 2. The van der Waals surface area contributed by atoms with Crippen molar-refractivity contribution in [1.29, 1.82) is 0 Å². The normalized spacial score (nSPS) is 12.2. The van der Waals surface area contributed by atoms with Crippen LogP contribution in [0.5, 0.6) is 0 Å². The standard InChI is InChI=1S/C4H7NO4/c1-2(6)9-3(5)4(7)8/h3H,5H2,1H3,(H,7,8)/t3-/m0/s1. The average molecular weight is 133 g/mol. The molecular formula is C4H7NO4. The van der Waals surface area contributed by atoms with Crippen molar-refractivity contribution in [2.45, 2.75) is 13.2 Å². The lowest BCUT2D eigenvalue weighted by Crippen LogP contribution is -2.34. The molecule has 0 radical (unpaired) electrons.